The summed E-state index contributed by atoms with van der Waals surface area (Å²) >= 11 is 0. The first kappa shape index (κ1) is 13.9. The number of ether oxygens (including phenoxy) is 1. The van der Waals surface area contributed by atoms with Crippen LogP contribution in [0.4, 0.5) is 0 Å². The van der Waals surface area contributed by atoms with Crippen molar-refractivity contribution in [1.29, 1.82) is 0 Å². The van der Waals surface area contributed by atoms with Gasteiger partial charge in [-0.1, -0.05) is 20.3 Å². The fraction of sp³-hybridized carbons (Fsp3) is 1.00. The minimum Gasteiger partial charge on any atom is -0.396 e. The summed E-state index contributed by atoms with van der Waals surface area (Å²) in [4.78, 5) is 2.45. The van der Waals surface area contributed by atoms with E-state index in [9.17, 15) is 5.11 Å². The Hall–Kier alpha value is -0.120. The van der Waals surface area contributed by atoms with Gasteiger partial charge in [0.05, 0.1) is 13.2 Å². The van der Waals surface area contributed by atoms with Gasteiger partial charge < -0.3 is 14.7 Å². The summed E-state index contributed by atoms with van der Waals surface area (Å²) in [5.41, 5.74) is 0.00199. The van der Waals surface area contributed by atoms with Crippen molar-refractivity contribution in [2.75, 3.05) is 39.5 Å². The molecule has 0 aliphatic carbocycles. The summed E-state index contributed by atoms with van der Waals surface area (Å²) in [5.74, 6) is 0. The Morgan fingerprint density at radius 1 is 1.38 bits per heavy atom. The summed E-state index contributed by atoms with van der Waals surface area (Å²) in [6.45, 7) is 9.48. The predicted molar refractivity (Wildman–Crippen MR) is 66.6 cm³/mol. The fourth-order valence-corrected chi connectivity index (χ4v) is 2.41. The second-order valence-electron chi connectivity index (χ2n) is 5.04. The molecule has 1 saturated heterocycles. The molecule has 16 heavy (non-hydrogen) atoms. The lowest BCUT2D eigenvalue weighted by Crippen LogP contribution is -2.45. The first-order valence-corrected chi connectivity index (χ1v) is 6.67. The molecule has 0 amide bonds. The standard InChI is InChI=1S/C13H27NO2/c1-3-5-8-14(4-2)10-13(11-15)7-6-9-16-12-13/h15H,3-12H2,1-2H3. The van der Waals surface area contributed by atoms with Crippen molar-refractivity contribution in [3.05, 3.63) is 0 Å². The molecule has 0 aromatic rings. The van der Waals surface area contributed by atoms with Gasteiger partial charge in [-0.15, -0.1) is 0 Å². The second kappa shape index (κ2) is 7.25. The van der Waals surface area contributed by atoms with Gasteiger partial charge in [-0.2, -0.15) is 0 Å². The first-order valence-electron chi connectivity index (χ1n) is 6.67. The van der Waals surface area contributed by atoms with Crippen LogP contribution in [0.1, 0.15) is 39.5 Å². The number of hydrogen-bond donors (Lipinski definition) is 1. The highest BCUT2D eigenvalue weighted by Crippen LogP contribution is 2.29. The Morgan fingerprint density at radius 2 is 2.19 bits per heavy atom. The van der Waals surface area contributed by atoms with Crippen LogP contribution in [0, 0.1) is 5.41 Å². The number of nitrogens with zero attached hydrogens (tertiary/aromatic N) is 1. The highest BCUT2D eigenvalue weighted by atomic mass is 16.5. The number of aliphatic hydroxyl groups is 1. The first-order chi connectivity index (χ1) is 7.76. The maximum Gasteiger partial charge on any atom is 0.0556 e. The zero-order valence-electron chi connectivity index (χ0n) is 10.9. The van der Waals surface area contributed by atoms with Crippen LogP contribution in [0.15, 0.2) is 0 Å². The lowest BCUT2D eigenvalue weighted by atomic mass is 9.82. The van der Waals surface area contributed by atoms with Crippen molar-refractivity contribution in [2.24, 2.45) is 5.41 Å². The number of hydrogen-bond acceptors (Lipinski definition) is 3. The maximum atomic E-state index is 9.60. The van der Waals surface area contributed by atoms with Crippen LogP contribution < -0.4 is 0 Å². The zero-order valence-corrected chi connectivity index (χ0v) is 10.9. The highest BCUT2D eigenvalue weighted by Gasteiger charge is 2.33. The zero-order chi connectivity index (χ0) is 11.9. The SMILES string of the molecule is CCCCN(CC)CC1(CO)CCCOC1. The Bertz CT molecular complexity index is 179. The van der Waals surface area contributed by atoms with Crippen LogP contribution in [0.5, 0.6) is 0 Å². The van der Waals surface area contributed by atoms with Crippen LogP contribution >= 0.6 is 0 Å². The molecule has 1 N–H and O–H groups in total. The van der Waals surface area contributed by atoms with E-state index in [0.717, 1.165) is 45.7 Å². The van der Waals surface area contributed by atoms with Gasteiger partial charge in [-0.05, 0) is 32.4 Å². The average molecular weight is 229 g/mol. The van der Waals surface area contributed by atoms with E-state index in [1.54, 1.807) is 0 Å². The number of rotatable bonds is 7. The smallest absolute Gasteiger partial charge is 0.0556 e. The largest absolute Gasteiger partial charge is 0.396 e. The third-order valence-electron chi connectivity index (χ3n) is 3.57. The van der Waals surface area contributed by atoms with Crippen LogP contribution in [-0.4, -0.2) is 49.5 Å². The molecule has 0 aromatic carbocycles. The van der Waals surface area contributed by atoms with E-state index in [2.05, 4.69) is 18.7 Å². The molecule has 96 valence electrons. The second-order valence-corrected chi connectivity index (χ2v) is 5.04. The Kier molecular flexibility index (Phi) is 6.32. The van der Waals surface area contributed by atoms with E-state index < -0.39 is 0 Å². The molecule has 0 saturated carbocycles. The summed E-state index contributed by atoms with van der Waals surface area (Å²) in [6, 6.07) is 0. The molecule has 1 fully saturated rings. The maximum absolute atomic E-state index is 9.60. The van der Waals surface area contributed by atoms with Crippen molar-refractivity contribution >= 4 is 0 Å². The lowest BCUT2D eigenvalue weighted by Gasteiger charge is -2.39. The summed E-state index contributed by atoms with van der Waals surface area (Å²) in [6.07, 6.45) is 4.67. The van der Waals surface area contributed by atoms with Crippen LogP contribution in [-0.2, 0) is 4.74 Å². The van der Waals surface area contributed by atoms with Gasteiger partial charge in [0.1, 0.15) is 0 Å². The molecule has 3 nitrogen and oxygen atoms in total. The van der Waals surface area contributed by atoms with Gasteiger partial charge >= 0.3 is 0 Å². The molecular weight excluding hydrogens is 202 g/mol. The molecule has 1 atom stereocenters. The molecule has 1 unspecified atom stereocenters. The van der Waals surface area contributed by atoms with Crippen LogP contribution in [0.25, 0.3) is 0 Å². The van der Waals surface area contributed by atoms with E-state index in [1.807, 2.05) is 0 Å². The van der Waals surface area contributed by atoms with Gasteiger partial charge in [-0.25, -0.2) is 0 Å². The molecule has 1 heterocycles. The van der Waals surface area contributed by atoms with Crippen LogP contribution in [0.3, 0.4) is 0 Å². The Morgan fingerprint density at radius 3 is 2.69 bits per heavy atom. The quantitative estimate of drug-likeness (QED) is 0.723. The van der Waals surface area contributed by atoms with Gasteiger partial charge in [0.25, 0.3) is 0 Å². The van der Waals surface area contributed by atoms with E-state index >= 15 is 0 Å². The van der Waals surface area contributed by atoms with E-state index in [4.69, 9.17) is 4.74 Å². The molecule has 0 radical (unpaired) electrons. The number of aliphatic hydroxyl groups excluding tert-OH is 1. The van der Waals surface area contributed by atoms with Gasteiger partial charge in [-0.3, -0.25) is 0 Å². The van der Waals surface area contributed by atoms with Gasteiger partial charge in [0, 0.05) is 18.6 Å². The molecule has 0 bridgehead atoms. The van der Waals surface area contributed by atoms with Gasteiger partial charge in [0.15, 0.2) is 0 Å². The van der Waals surface area contributed by atoms with E-state index in [0.29, 0.717) is 0 Å². The van der Waals surface area contributed by atoms with E-state index in [-0.39, 0.29) is 12.0 Å². The average Bonchev–Trinajstić information content (AvgIpc) is 2.35. The molecular formula is C13H27NO2. The molecule has 1 rings (SSSR count). The normalized spacial score (nSPS) is 26.2. The summed E-state index contributed by atoms with van der Waals surface area (Å²) in [7, 11) is 0. The highest BCUT2D eigenvalue weighted by molar-refractivity contribution is 4.84. The topological polar surface area (TPSA) is 32.7 Å². The van der Waals surface area contributed by atoms with Crippen molar-refractivity contribution in [1.82, 2.24) is 4.90 Å². The van der Waals surface area contributed by atoms with Crippen LogP contribution in [0.2, 0.25) is 0 Å². The minimum absolute atomic E-state index is 0.00199. The third kappa shape index (κ3) is 4.04. The van der Waals surface area contributed by atoms with Crippen molar-refractivity contribution < 1.29 is 9.84 Å². The summed E-state index contributed by atoms with van der Waals surface area (Å²) < 4.78 is 5.54. The monoisotopic (exact) mass is 229 g/mol. The molecule has 1 aliphatic heterocycles. The minimum atomic E-state index is 0.00199. The number of unbranched alkanes of at least 4 members (excludes halogenated alkanes) is 1. The van der Waals surface area contributed by atoms with Crippen molar-refractivity contribution in [3.63, 3.8) is 0 Å². The Labute approximate surface area is 99.8 Å². The van der Waals surface area contributed by atoms with Crippen molar-refractivity contribution in [2.45, 2.75) is 39.5 Å². The molecule has 0 aromatic heterocycles. The lowest BCUT2D eigenvalue weighted by molar-refractivity contribution is -0.0548. The van der Waals surface area contributed by atoms with Gasteiger partial charge in [0.2, 0.25) is 0 Å². The molecule has 1 aliphatic rings. The summed E-state index contributed by atoms with van der Waals surface area (Å²) in [5, 5.41) is 9.60. The molecule has 3 heteroatoms. The predicted octanol–water partition coefficient (Wildman–Crippen LogP) is 1.90. The van der Waals surface area contributed by atoms with E-state index in [1.165, 1.54) is 12.8 Å². The Balaban J connectivity index is 2.45. The third-order valence-corrected chi connectivity index (χ3v) is 3.57. The van der Waals surface area contributed by atoms with Crippen molar-refractivity contribution in [3.8, 4) is 0 Å². The fourth-order valence-electron chi connectivity index (χ4n) is 2.41. The molecule has 0 spiro atoms.